The third-order valence-corrected chi connectivity index (χ3v) is 3.27. The molecule has 1 atom stereocenters. The molecule has 96 valence electrons. The van der Waals surface area contributed by atoms with E-state index in [0.717, 1.165) is 11.1 Å². The van der Waals surface area contributed by atoms with E-state index in [2.05, 4.69) is 0 Å². The Bertz CT molecular complexity index is 494. The third-order valence-electron chi connectivity index (χ3n) is 3.27. The highest BCUT2D eigenvalue weighted by molar-refractivity contribution is 5.75. The first-order valence-corrected chi connectivity index (χ1v) is 5.87. The summed E-state index contributed by atoms with van der Waals surface area (Å²) in [5.74, 6) is -0.784. The summed E-state index contributed by atoms with van der Waals surface area (Å²) in [5, 5.41) is 8.93. The number of benzene rings is 1. The number of carboxylic acid groups (broad SMARTS) is 1. The molecule has 4 heteroatoms. The van der Waals surface area contributed by atoms with Gasteiger partial charge in [-0.05, 0) is 43.0 Å². The molecule has 1 N–H and O–H groups in total. The predicted octanol–water partition coefficient (Wildman–Crippen LogP) is 3.10. The Labute approximate surface area is 105 Å². The molecular weight excluding hydrogens is 235 g/mol. The molecule has 0 aliphatic heterocycles. The lowest BCUT2D eigenvalue weighted by atomic mass is 9.86. The number of hydrogen-bond acceptors (Lipinski definition) is 2. The molecule has 0 amide bonds. The van der Waals surface area contributed by atoms with Crippen LogP contribution in [0.5, 0.6) is 5.75 Å². The van der Waals surface area contributed by atoms with Crippen LogP contribution in [0.2, 0.25) is 0 Å². The van der Waals surface area contributed by atoms with E-state index in [0.29, 0.717) is 25.0 Å². The Kier molecular flexibility index (Phi) is 3.65. The van der Waals surface area contributed by atoms with Gasteiger partial charge in [0.1, 0.15) is 11.6 Å². The van der Waals surface area contributed by atoms with Crippen molar-refractivity contribution in [3.05, 3.63) is 35.7 Å². The van der Waals surface area contributed by atoms with Gasteiger partial charge in [-0.3, -0.25) is 4.79 Å². The summed E-state index contributed by atoms with van der Waals surface area (Å²) in [5.41, 5.74) is 1.69. The van der Waals surface area contributed by atoms with Crippen molar-refractivity contribution in [2.75, 3.05) is 7.11 Å². The fourth-order valence-corrected chi connectivity index (χ4v) is 2.23. The van der Waals surface area contributed by atoms with E-state index < -0.39 is 5.97 Å². The Hall–Kier alpha value is -1.84. The fraction of sp³-hybridized carbons (Fsp3) is 0.357. The quantitative estimate of drug-likeness (QED) is 0.896. The lowest BCUT2D eigenvalue weighted by molar-refractivity contribution is -0.141. The maximum Gasteiger partial charge on any atom is 0.306 e. The highest BCUT2D eigenvalue weighted by Gasteiger charge is 2.22. The van der Waals surface area contributed by atoms with Gasteiger partial charge in [0, 0.05) is 5.56 Å². The zero-order chi connectivity index (χ0) is 13.1. The number of rotatable bonds is 3. The summed E-state index contributed by atoms with van der Waals surface area (Å²) < 4.78 is 18.5. The zero-order valence-corrected chi connectivity index (χ0v) is 10.1. The maximum atomic E-state index is 13.3. The van der Waals surface area contributed by atoms with Gasteiger partial charge in [-0.2, -0.15) is 0 Å². The number of allylic oxidation sites excluding steroid dienone is 2. The molecule has 0 saturated heterocycles. The van der Waals surface area contributed by atoms with Gasteiger partial charge >= 0.3 is 5.97 Å². The van der Waals surface area contributed by atoms with Crippen LogP contribution in [-0.2, 0) is 4.79 Å². The number of halogens is 1. The smallest absolute Gasteiger partial charge is 0.306 e. The summed E-state index contributed by atoms with van der Waals surface area (Å²) in [6, 6.07) is 4.38. The molecule has 0 saturated carbocycles. The molecule has 0 radical (unpaired) electrons. The van der Waals surface area contributed by atoms with Crippen LogP contribution in [0.4, 0.5) is 4.39 Å². The molecule has 1 aliphatic rings. The first kappa shape index (κ1) is 12.6. The fourth-order valence-electron chi connectivity index (χ4n) is 2.23. The van der Waals surface area contributed by atoms with Crippen molar-refractivity contribution >= 4 is 11.5 Å². The summed E-state index contributed by atoms with van der Waals surface area (Å²) in [7, 11) is 1.54. The van der Waals surface area contributed by atoms with Gasteiger partial charge in [-0.15, -0.1) is 0 Å². The first-order chi connectivity index (χ1) is 8.61. The van der Waals surface area contributed by atoms with Crippen LogP contribution in [0.25, 0.3) is 5.57 Å². The highest BCUT2D eigenvalue weighted by atomic mass is 19.1. The van der Waals surface area contributed by atoms with Crippen molar-refractivity contribution in [2.24, 2.45) is 5.92 Å². The minimum Gasteiger partial charge on any atom is -0.496 e. The number of aliphatic carboxylic acids is 1. The van der Waals surface area contributed by atoms with Crippen molar-refractivity contribution in [1.82, 2.24) is 0 Å². The Morgan fingerprint density at radius 3 is 2.83 bits per heavy atom. The first-order valence-electron chi connectivity index (χ1n) is 5.87. The van der Waals surface area contributed by atoms with Crippen LogP contribution >= 0.6 is 0 Å². The van der Waals surface area contributed by atoms with Crippen molar-refractivity contribution < 1.29 is 19.0 Å². The second kappa shape index (κ2) is 5.21. The lowest BCUT2D eigenvalue weighted by Gasteiger charge is -2.20. The van der Waals surface area contributed by atoms with Crippen LogP contribution in [0.15, 0.2) is 24.3 Å². The third kappa shape index (κ3) is 2.53. The second-order valence-corrected chi connectivity index (χ2v) is 4.38. The largest absolute Gasteiger partial charge is 0.496 e. The van der Waals surface area contributed by atoms with Crippen molar-refractivity contribution in [2.45, 2.75) is 19.3 Å². The highest BCUT2D eigenvalue weighted by Crippen LogP contribution is 2.35. The summed E-state index contributed by atoms with van der Waals surface area (Å²) in [6.07, 6.45) is 3.58. The molecule has 0 unspecified atom stereocenters. The average molecular weight is 250 g/mol. The van der Waals surface area contributed by atoms with Crippen molar-refractivity contribution in [3.8, 4) is 5.75 Å². The lowest BCUT2D eigenvalue weighted by Crippen LogP contribution is -2.15. The normalized spacial score (nSPS) is 19.2. The van der Waals surface area contributed by atoms with E-state index in [-0.39, 0.29) is 11.7 Å². The van der Waals surface area contributed by atoms with Crippen LogP contribution in [0, 0.1) is 11.7 Å². The molecule has 2 rings (SSSR count). The van der Waals surface area contributed by atoms with Crippen molar-refractivity contribution in [3.63, 3.8) is 0 Å². The number of carboxylic acids is 1. The van der Waals surface area contributed by atoms with Crippen LogP contribution in [-0.4, -0.2) is 18.2 Å². The van der Waals surface area contributed by atoms with E-state index in [1.165, 1.54) is 12.1 Å². The molecule has 18 heavy (non-hydrogen) atoms. The second-order valence-electron chi connectivity index (χ2n) is 4.38. The summed E-state index contributed by atoms with van der Waals surface area (Å²) in [6.45, 7) is 0. The molecule has 1 aromatic carbocycles. The van der Waals surface area contributed by atoms with Crippen LogP contribution in [0.1, 0.15) is 24.8 Å². The zero-order valence-electron chi connectivity index (χ0n) is 10.1. The summed E-state index contributed by atoms with van der Waals surface area (Å²) in [4.78, 5) is 10.9. The number of methoxy groups -OCH3 is 1. The van der Waals surface area contributed by atoms with E-state index in [4.69, 9.17) is 9.84 Å². The van der Waals surface area contributed by atoms with Gasteiger partial charge in [0.15, 0.2) is 0 Å². The molecule has 1 aliphatic carbocycles. The molecule has 0 spiro atoms. The molecule has 0 fully saturated rings. The molecule has 0 heterocycles. The monoisotopic (exact) mass is 250 g/mol. The van der Waals surface area contributed by atoms with E-state index in [1.54, 1.807) is 13.2 Å². The SMILES string of the molecule is COc1ccc(F)cc1C1=CC[C@@H](C(=O)O)CC1. The minimum atomic E-state index is -0.767. The standard InChI is InChI=1S/C14H15FO3/c1-18-13-7-6-11(15)8-12(13)9-2-4-10(5-3-9)14(16)17/h2,6-8,10H,3-5H2,1H3,(H,16,17)/t10-/m1/s1. The summed E-state index contributed by atoms with van der Waals surface area (Å²) >= 11 is 0. The van der Waals surface area contributed by atoms with Crippen LogP contribution < -0.4 is 4.74 Å². The van der Waals surface area contributed by atoms with E-state index in [1.807, 2.05) is 6.08 Å². The molecule has 1 aromatic rings. The van der Waals surface area contributed by atoms with E-state index in [9.17, 15) is 9.18 Å². The van der Waals surface area contributed by atoms with Gasteiger partial charge < -0.3 is 9.84 Å². The average Bonchev–Trinajstić information content (AvgIpc) is 2.39. The van der Waals surface area contributed by atoms with Gasteiger partial charge in [0.05, 0.1) is 13.0 Å². The van der Waals surface area contributed by atoms with Gasteiger partial charge in [0.2, 0.25) is 0 Å². The van der Waals surface area contributed by atoms with Gasteiger partial charge in [-0.1, -0.05) is 6.08 Å². The number of ether oxygens (including phenoxy) is 1. The molecule has 0 bridgehead atoms. The molecule has 0 aromatic heterocycles. The van der Waals surface area contributed by atoms with Crippen molar-refractivity contribution in [1.29, 1.82) is 0 Å². The van der Waals surface area contributed by atoms with Gasteiger partial charge in [0.25, 0.3) is 0 Å². The Morgan fingerprint density at radius 2 is 2.28 bits per heavy atom. The maximum absolute atomic E-state index is 13.3. The topological polar surface area (TPSA) is 46.5 Å². The Morgan fingerprint density at radius 1 is 1.50 bits per heavy atom. The minimum absolute atomic E-state index is 0.313. The number of hydrogen-bond donors (Lipinski definition) is 1. The van der Waals surface area contributed by atoms with Gasteiger partial charge in [-0.25, -0.2) is 4.39 Å². The number of carbonyl (C=O) groups is 1. The molecular formula is C14H15FO3. The van der Waals surface area contributed by atoms with Crippen LogP contribution in [0.3, 0.4) is 0 Å². The molecule has 3 nitrogen and oxygen atoms in total. The predicted molar refractivity (Wildman–Crippen MR) is 65.9 cm³/mol. The van der Waals surface area contributed by atoms with E-state index >= 15 is 0 Å². The Balaban J connectivity index is 2.27.